The SMILES string of the molecule is NC(=O)C1(Cn2c(Nc3c(F)cc(F)cc3F)nc3cnc(NC4CC(F)(F)C4)nc32)CCCCC1. The lowest BCUT2D eigenvalue weighted by atomic mass is 9.73. The summed E-state index contributed by atoms with van der Waals surface area (Å²) in [4.78, 5) is 25.4. The van der Waals surface area contributed by atoms with Gasteiger partial charge in [-0.15, -0.1) is 0 Å². The van der Waals surface area contributed by atoms with Gasteiger partial charge < -0.3 is 16.4 Å². The van der Waals surface area contributed by atoms with Crippen LogP contribution in [0.2, 0.25) is 0 Å². The van der Waals surface area contributed by atoms with Crippen LogP contribution in [0.25, 0.3) is 11.2 Å². The Morgan fingerprint density at radius 3 is 2.36 bits per heavy atom. The number of fused-ring (bicyclic) bond motifs is 1. The molecule has 2 saturated carbocycles. The number of benzene rings is 1. The normalized spacial score (nSPS) is 19.1. The predicted molar refractivity (Wildman–Crippen MR) is 121 cm³/mol. The topological polar surface area (TPSA) is 111 Å². The second kappa shape index (κ2) is 8.86. The van der Waals surface area contributed by atoms with Gasteiger partial charge in [0.05, 0.1) is 11.6 Å². The van der Waals surface area contributed by atoms with Crippen LogP contribution in [0.5, 0.6) is 0 Å². The molecule has 2 heterocycles. The summed E-state index contributed by atoms with van der Waals surface area (Å²) in [6.45, 7) is 0.0174. The van der Waals surface area contributed by atoms with Crippen LogP contribution in [0.15, 0.2) is 18.3 Å². The largest absolute Gasteiger partial charge is 0.369 e. The number of primary amides is 1. The summed E-state index contributed by atoms with van der Waals surface area (Å²) in [6.07, 6.45) is 4.15. The fourth-order valence-corrected chi connectivity index (χ4v) is 4.97. The number of hydrogen-bond acceptors (Lipinski definition) is 6. The van der Waals surface area contributed by atoms with E-state index >= 15 is 0 Å². The van der Waals surface area contributed by atoms with Gasteiger partial charge in [0.1, 0.15) is 17.0 Å². The first-order valence-electron chi connectivity index (χ1n) is 11.6. The van der Waals surface area contributed by atoms with E-state index in [9.17, 15) is 26.7 Å². The number of nitrogens with zero attached hydrogens (tertiary/aromatic N) is 4. The van der Waals surface area contributed by atoms with E-state index in [1.165, 1.54) is 10.8 Å². The molecule has 2 aliphatic rings. The summed E-state index contributed by atoms with van der Waals surface area (Å²) in [5, 5.41) is 5.42. The number of carbonyl (C=O) groups excluding carboxylic acids is 1. The maximum absolute atomic E-state index is 14.4. The molecule has 0 aliphatic heterocycles. The zero-order valence-corrected chi connectivity index (χ0v) is 19.1. The third-order valence-corrected chi connectivity index (χ3v) is 6.95. The van der Waals surface area contributed by atoms with Crippen molar-refractivity contribution in [1.82, 2.24) is 19.5 Å². The monoisotopic (exact) mass is 509 g/mol. The molecule has 192 valence electrons. The minimum absolute atomic E-state index is 0.0174. The van der Waals surface area contributed by atoms with Crippen LogP contribution >= 0.6 is 0 Å². The number of nitrogens with one attached hydrogen (secondary N) is 2. The van der Waals surface area contributed by atoms with Crippen LogP contribution in [-0.4, -0.2) is 37.4 Å². The first-order chi connectivity index (χ1) is 17.1. The number of amides is 1. The third-order valence-electron chi connectivity index (χ3n) is 6.95. The lowest BCUT2D eigenvalue weighted by Gasteiger charge is -2.35. The molecule has 3 aromatic rings. The molecule has 0 spiro atoms. The van der Waals surface area contributed by atoms with E-state index in [1.54, 1.807) is 0 Å². The highest BCUT2D eigenvalue weighted by Crippen LogP contribution is 2.41. The van der Waals surface area contributed by atoms with E-state index < -0.39 is 46.4 Å². The summed E-state index contributed by atoms with van der Waals surface area (Å²) < 4.78 is 70.2. The lowest BCUT2D eigenvalue weighted by Crippen LogP contribution is -2.44. The van der Waals surface area contributed by atoms with Crippen LogP contribution in [-0.2, 0) is 11.3 Å². The van der Waals surface area contributed by atoms with E-state index in [0.29, 0.717) is 25.0 Å². The number of alkyl halides is 2. The minimum Gasteiger partial charge on any atom is -0.369 e. The maximum Gasteiger partial charge on any atom is 0.252 e. The molecule has 0 bridgehead atoms. The van der Waals surface area contributed by atoms with Gasteiger partial charge in [0.15, 0.2) is 17.3 Å². The lowest BCUT2D eigenvalue weighted by molar-refractivity contribution is -0.130. The van der Waals surface area contributed by atoms with Gasteiger partial charge in [0, 0.05) is 37.6 Å². The van der Waals surface area contributed by atoms with E-state index in [1.807, 2.05) is 0 Å². The Hall–Kier alpha value is -3.51. The Morgan fingerprint density at radius 1 is 1.08 bits per heavy atom. The van der Waals surface area contributed by atoms with Crippen molar-refractivity contribution in [3.05, 3.63) is 35.8 Å². The molecule has 0 atom stereocenters. The molecule has 2 aromatic heterocycles. The molecule has 2 fully saturated rings. The highest BCUT2D eigenvalue weighted by atomic mass is 19.3. The van der Waals surface area contributed by atoms with Crippen molar-refractivity contribution < 1.29 is 26.7 Å². The van der Waals surface area contributed by atoms with Gasteiger partial charge in [0.2, 0.25) is 17.8 Å². The van der Waals surface area contributed by atoms with Gasteiger partial charge >= 0.3 is 0 Å². The quantitative estimate of drug-likeness (QED) is 0.401. The average Bonchev–Trinajstić information content (AvgIpc) is 3.12. The smallest absolute Gasteiger partial charge is 0.252 e. The molecule has 1 aromatic carbocycles. The number of hydrogen-bond donors (Lipinski definition) is 3. The van der Waals surface area contributed by atoms with Gasteiger partial charge in [-0.05, 0) is 12.8 Å². The van der Waals surface area contributed by atoms with Crippen molar-refractivity contribution in [2.45, 2.75) is 63.5 Å². The highest BCUT2D eigenvalue weighted by molar-refractivity contribution is 5.82. The molecule has 0 radical (unpaired) electrons. The number of aromatic nitrogens is 4. The molecule has 13 heteroatoms. The standard InChI is InChI=1S/C23H24F5N7O/c24-12-6-14(25)17(15(26)7-12)33-21-32-16-10-30-20(31-13-8-23(27,28)9-13)34-18(16)35(21)11-22(19(29)36)4-2-1-3-5-22/h6-7,10,13H,1-5,8-9,11H2,(H2,29,36)(H,32,33)(H,30,31,34). The molecule has 36 heavy (non-hydrogen) atoms. The fourth-order valence-electron chi connectivity index (χ4n) is 4.97. The van der Waals surface area contributed by atoms with E-state index in [2.05, 4.69) is 25.6 Å². The number of rotatable bonds is 7. The molecule has 0 unspecified atom stereocenters. The zero-order valence-electron chi connectivity index (χ0n) is 19.1. The van der Waals surface area contributed by atoms with Crippen LogP contribution in [0.4, 0.5) is 39.5 Å². The molecule has 5 rings (SSSR count). The fraction of sp³-hybridized carbons (Fsp3) is 0.478. The summed E-state index contributed by atoms with van der Waals surface area (Å²) in [7, 11) is 0. The van der Waals surface area contributed by atoms with Crippen LogP contribution in [0.1, 0.15) is 44.9 Å². The van der Waals surface area contributed by atoms with Crippen LogP contribution < -0.4 is 16.4 Å². The summed E-state index contributed by atoms with van der Waals surface area (Å²) >= 11 is 0. The summed E-state index contributed by atoms with van der Waals surface area (Å²) in [6, 6.07) is 0.547. The van der Waals surface area contributed by atoms with Crippen LogP contribution in [0, 0.1) is 22.9 Å². The summed E-state index contributed by atoms with van der Waals surface area (Å²) in [5.74, 6) is -6.66. The molecular formula is C23H24F5N7O. The molecular weight excluding hydrogens is 485 g/mol. The van der Waals surface area contributed by atoms with Gasteiger partial charge in [-0.1, -0.05) is 19.3 Å². The Balaban J connectivity index is 1.56. The van der Waals surface area contributed by atoms with Gasteiger partial charge in [-0.2, -0.15) is 4.98 Å². The van der Waals surface area contributed by atoms with Gasteiger partial charge in [0.25, 0.3) is 5.92 Å². The second-order valence-electron chi connectivity index (χ2n) is 9.60. The van der Waals surface area contributed by atoms with Crippen molar-refractivity contribution in [2.75, 3.05) is 10.6 Å². The molecule has 0 saturated heterocycles. The van der Waals surface area contributed by atoms with Gasteiger partial charge in [-0.25, -0.2) is 31.9 Å². The van der Waals surface area contributed by atoms with Crippen molar-refractivity contribution in [1.29, 1.82) is 0 Å². The second-order valence-corrected chi connectivity index (χ2v) is 9.60. The average molecular weight is 509 g/mol. The van der Waals surface area contributed by atoms with Crippen molar-refractivity contribution in [3.8, 4) is 0 Å². The Morgan fingerprint density at radius 2 is 1.75 bits per heavy atom. The number of anilines is 3. The highest BCUT2D eigenvalue weighted by Gasteiger charge is 2.45. The number of carbonyl (C=O) groups is 1. The number of nitrogens with two attached hydrogens (primary N) is 1. The third kappa shape index (κ3) is 4.53. The Labute approximate surface area is 202 Å². The molecule has 2 aliphatic carbocycles. The van der Waals surface area contributed by atoms with Crippen molar-refractivity contribution >= 4 is 34.7 Å². The number of halogens is 5. The molecule has 8 nitrogen and oxygen atoms in total. The molecule has 4 N–H and O–H groups in total. The maximum atomic E-state index is 14.4. The van der Waals surface area contributed by atoms with Crippen molar-refractivity contribution in [2.24, 2.45) is 11.1 Å². The van der Waals surface area contributed by atoms with Gasteiger partial charge in [-0.3, -0.25) is 9.36 Å². The first kappa shape index (κ1) is 24.2. The first-order valence-corrected chi connectivity index (χ1v) is 11.6. The molecule has 1 amide bonds. The van der Waals surface area contributed by atoms with E-state index in [0.717, 1.165) is 19.3 Å². The zero-order chi connectivity index (χ0) is 25.7. The summed E-state index contributed by atoms with van der Waals surface area (Å²) in [5.41, 5.74) is 4.68. The number of imidazole rings is 1. The predicted octanol–water partition coefficient (Wildman–Crippen LogP) is 4.63. The Bertz CT molecular complexity index is 1290. The van der Waals surface area contributed by atoms with Crippen LogP contribution in [0.3, 0.4) is 0 Å². The Kier molecular flexibility index (Phi) is 5.95. The van der Waals surface area contributed by atoms with E-state index in [-0.39, 0.29) is 42.4 Å². The minimum atomic E-state index is -2.74. The van der Waals surface area contributed by atoms with E-state index in [4.69, 9.17) is 5.73 Å². The van der Waals surface area contributed by atoms with Crippen molar-refractivity contribution in [3.63, 3.8) is 0 Å².